The predicted octanol–water partition coefficient (Wildman–Crippen LogP) is 5.47. The van der Waals surface area contributed by atoms with E-state index in [2.05, 4.69) is 52.7 Å². The second kappa shape index (κ2) is 42.4. The molecule has 0 aliphatic rings. The largest absolute Gasteiger partial charge is 1.00 e. The van der Waals surface area contributed by atoms with E-state index < -0.39 is 0 Å². The number of alkyl halides is 1. The minimum Gasteiger partial charge on any atom is -1.00 e. The molecule has 2 aromatic carbocycles. The molecule has 0 aromatic heterocycles. The third kappa shape index (κ3) is 44.9. The molecule has 1 N–H and O–H groups in total. The Morgan fingerprint density at radius 3 is 1.39 bits per heavy atom. The summed E-state index contributed by atoms with van der Waals surface area (Å²) < 4.78 is 17.9. The van der Waals surface area contributed by atoms with Crippen LogP contribution in [0.3, 0.4) is 0 Å². The number of hydrogen-bond acceptors (Lipinski definition) is 11. The molecule has 326 valence electrons. The van der Waals surface area contributed by atoms with Gasteiger partial charge in [0.05, 0.1) is 17.7 Å². The first-order chi connectivity index (χ1) is 26.9. The molecule has 0 unspecified atom stereocenters. The molecule has 11 nitrogen and oxygen atoms in total. The van der Waals surface area contributed by atoms with Gasteiger partial charge in [0.15, 0.2) is 12.6 Å². The molecule has 16 heteroatoms. The summed E-state index contributed by atoms with van der Waals surface area (Å²) in [5.74, 6) is 0.481. The zero-order valence-electron chi connectivity index (χ0n) is 37.6. The minimum absolute atomic E-state index is 0. The van der Waals surface area contributed by atoms with Crippen LogP contribution in [0.2, 0.25) is 0 Å². The van der Waals surface area contributed by atoms with Gasteiger partial charge >= 0.3 is 115 Å². The summed E-state index contributed by atoms with van der Waals surface area (Å²) in [5, 5.41) is 18.6. The molecule has 0 aliphatic carbocycles. The van der Waals surface area contributed by atoms with Crippen molar-refractivity contribution in [2.75, 3.05) is 11.9 Å². The van der Waals surface area contributed by atoms with Crippen molar-refractivity contribution in [3.63, 3.8) is 0 Å². The van der Waals surface area contributed by atoms with E-state index in [4.69, 9.17) is 29.4 Å². The van der Waals surface area contributed by atoms with Crippen LogP contribution in [0.15, 0.2) is 45.3 Å². The Morgan fingerprint density at radius 1 is 0.644 bits per heavy atom. The number of halogens is 3. The monoisotopic (exact) mass is 1070 g/mol. The van der Waals surface area contributed by atoms with Crippen LogP contribution in [0.1, 0.15) is 166 Å². The van der Waals surface area contributed by atoms with Crippen molar-refractivity contribution in [3.8, 4) is 11.5 Å². The Kier molecular flexibility index (Phi) is 47.5. The Hall–Kier alpha value is 0.463. The Bertz CT molecular complexity index is 1410. The molecule has 0 radical (unpaired) electrons. The maximum atomic E-state index is 11.6. The number of carbonyl (C=O) groups excluding carboxylic acids is 5. The summed E-state index contributed by atoms with van der Waals surface area (Å²) in [6, 6.07) is 10.1. The zero-order valence-corrected chi connectivity index (χ0v) is 47.6. The molecule has 0 amide bonds. The topological polar surface area (TPSA) is 166 Å². The number of phenols is 1. The van der Waals surface area contributed by atoms with E-state index in [1.807, 2.05) is 53.7 Å². The third-order valence-corrected chi connectivity index (χ3v) is 8.95. The van der Waals surface area contributed by atoms with Crippen molar-refractivity contribution in [3.05, 3.63) is 56.5 Å². The number of unbranched alkanes of at least 4 members (excludes halogenated alkanes) is 12. The molecule has 0 fully saturated rings. The first kappa shape index (κ1) is 66.1. The Labute approximate surface area is 465 Å². The van der Waals surface area contributed by atoms with Crippen molar-refractivity contribution in [2.45, 2.75) is 155 Å². The van der Waals surface area contributed by atoms with E-state index in [0.29, 0.717) is 42.6 Å². The number of esters is 2. The standard InChI is InChI=1S/C21H31BrO4.C14H27BrO2.C7H5BrO2.CH2O3.2K.H/c1-21(2,3)26-20(24)11-9-7-5-4-6-8-10-14-25-19-15-18(22)13-12-17(19)16-23;1-14(2,3)17-13(16)11-9-7-5-4-6-8-10-12-15;8-6-2-1-5(4-9)7(10)3-6;2-1-4-3;;;/h12-13,15-16H,4-11,14H2,1-3H3;4-12H2,1-3H3;1-4,10H;1,3H;;;/q;;;;2*+1;-1/p-1. The number of carbonyl (C=O) groups is 5. The maximum Gasteiger partial charge on any atom is 1.00 e. The van der Waals surface area contributed by atoms with Crippen LogP contribution in [0.5, 0.6) is 11.5 Å². The van der Waals surface area contributed by atoms with Crippen LogP contribution in [0.25, 0.3) is 0 Å². The summed E-state index contributed by atoms with van der Waals surface area (Å²) in [4.78, 5) is 55.4. The first-order valence-corrected chi connectivity index (χ1v) is 22.2. The summed E-state index contributed by atoms with van der Waals surface area (Å²) in [5.41, 5.74) is 0.162. The number of aldehydes is 2. The van der Waals surface area contributed by atoms with E-state index in [9.17, 15) is 19.2 Å². The van der Waals surface area contributed by atoms with Gasteiger partial charge in [-0.15, -0.1) is 0 Å². The second-order valence-corrected chi connectivity index (χ2v) is 17.6. The number of benzene rings is 2. The van der Waals surface area contributed by atoms with Crippen LogP contribution in [0.4, 0.5) is 0 Å². The molecular weight excluding hydrogens is 1010 g/mol. The minimum atomic E-state index is -0.387. The summed E-state index contributed by atoms with van der Waals surface area (Å²) in [6.07, 6.45) is 18.6. The van der Waals surface area contributed by atoms with Gasteiger partial charge in [0.25, 0.3) is 6.47 Å². The van der Waals surface area contributed by atoms with E-state index in [1.54, 1.807) is 18.2 Å². The van der Waals surface area contributed by atoms with Crippen LogP contribution >= 0.6 is 47.8 Å². The predicted molar refractivity (Wildman–Crippen MR) is 234 cm³/mol. The molecule has 0 atom stereocenters. The van der Waals surface area contributed by atoms with Gasteiger partial charge in [0.1, 0.15) is 22.7 Å². The molecule has 0 bridgehead atoms. The smallest absolute Gasteiger partial charge is 1.00 e. The average Bonchev–Trinajstić information content (AvgIpc) is 3.13. The summed E-state index contributed by atoms with van der Waals surface area (Å²) in [7, 11) is 0. The fourth-order valence-corrected chi connectivity index (χ4v) is 5.90. The van der Waals surface area contributed by atoms with E-state index >= 15 is 0 Å². The summed E-state index contributed by atoms with van der Waals surface area (Å²) in [6.45, 7) is 11.9. The first-order valence-electron chi connectivity index (χ1n) is 19.5. The van der Waals surface area contributed by atoms with Gasteiger partial charge in [-0.1, -0.05) is 112 Å². The van der Waals surface area contributed by atoms with Gasteiger partial charge < -0.3 is 30.9 Å². The molecule has 0 aliphatic heterocycles. The number of ether oxygens (including phenoxy) is 3. The van der Waals surface area contributed by atoms with Gasteiger partial charge in [-0.05, 0) is 104 Å². The Morgan fingerprint density at radius 2 is 1.02 bits per heavy atom. The fraction of sp³-hybridized carbons (Fsp3) is 0.605. The van der Waals surface area contributed by atoms with E-state index in [-0.39, 0.29) is 140 Å². The van der Waals surface area contributed by atoms with Gasteiger partial charge in [-0.2, -0.15) is 0 Å². The normalized spacial score (nSPS) is 10.2. The van der Waals surface area contributed by atoms with Crippen LogP contribution < -0.4 is 113 Å². The van der Waals surface area contributed by atoms with E-state index in [0.717, 1.165) is 71.9 Å². The molecular formula is C43H65Br3K2O11. The summed E-state index contributed by atoms with van der Waals surface area (Å²) >= 11 is 9.97. The number of rotatable bonds is 23. The van der Waals surface area contributed by atoms with Crippen molar-refractivity contribution in [1.29, 1.82) is 0 Å². The second-order valence-electron chi connectivity index (χ2n) is 15.0. The molecule has 2 rings (SSSR count). The number of aromatic hydroxyl groups is 1. The Balaban J connectivity index is -0.000000255. The molecule has 0 heterocycles. The van der Waals surface area contributed by atoms with E-state index in [1.165, 1.54) is 44.6 Å². The van der Waals surface area contributed by atoms with Crippen molar-refractivity contribution in [1.82, 2.24) is 0 Å². The zero-order chi connectivity index (χ0) is 43.5. The van der Waals surface area contributed by atoms with Crippen LogP contribution in [-0.2, 0) is 28.7 Å². The van der Waals surface area contributed by atoms with Gasteiger partial charge in [-0.25, -0.2) is 0 Å². The molecule has 59 heavy (non-hydrogen) atoms. The van der Waals surface area contributed by atoms with Crippen LogP contribution in [-0.4, -0.2) is 59.2 Å². The maximum absolute atomic E-state index is 11.6. The quantitative estimate of drug-likeness (QED) is 0.0286. The average molecular weight is 1080 g/mol. The number of hydrogen-bond donors (Lipinski definition) is 1. The van der Waals surface area contributed by atoms with Gasteiger partial charge in [0, 0.05) is 27.1 Å². The molecule has 0 saturated carbocycles. The van der Waals surface area contributed by atoms with Crippen LogP contribution in [0, 0.1) is 0 Å². The van der Waals surface area contributed by atoms with Gasteiger partial charge in [-0.3, -0.25) is 24.0 Å². The van der Waals surface area contributed by atoms with Crippen molar-refractivity contribution in [2.24, 2.45) is 0 Å². The molecule has 2 aromatic rings. The molecule has 0 saturated heterocycles. The van der Waals surface area contributed by atoms with Crippen molar-refractivity contribution < 1.29 is 158 Å². The SMILES string of the molecule is CC(C)(C)OC(=O)CCCCCCCCCBr.CC(C)(C)OC(=O)CCCCCCCCCOc1cc(Br)ccc1C=O.O=CO[O-].O=Cc1ccc(Br)cc1O.[H-].[K+].[K+]. The third-order valence-electron chi connectivity index (χ3n) is 7.40. The molecule has 0 spiro atoms. The number of phenolic OH excluding ortho intramolecular Hbond substituents is 1. The fourth-order valence-electron chi connectivity index (χ4n) is 4.82. The van der Waals surface area contributed by atoms with Gasteiger partial charge in [0.2, 0.25) is 0 Å². The van der Waals surface area contributed by atoms with Crippen molar-refractivity contribution >= 4 is 78.8 Å².